The first kappa shape index (κ1) is 10.5. The largest absolute Gasteiger partial charge is 0.466 e. The summed E-state index contributed by atoms with van der Waals surface area (Å²) in [6.07, 6.45) is 0.903. The van der Waals surface area contributed by atoms with E-state index in [1.54, 1.807) is 0 Å². The molecule has 2 atom stereocenters. The van der Waals surface area contributed by atoms with Crippen molar-refractivity contribution in [1.82, 2.24) is 0 Å². The van der Waals surface area contributed by atoms with Crippen molar-refractivity contribution in [2.45, 2.75) is 19.3 Å². The fraction of sp³-hybridized carbons (Fsp3) is 0.417. The molecule has 0 N–H and O–H groups in total. The lowest BCUT2D eigenvalue weighted by Crippen LogP contribution is -2.07. The number of rotatable bonds is 3. The monoisotopic (exact) mass is 224 g/mol. The van der Waals surface area contributed by atoms with Crippen LogP contribution >= 0.6 is 11.6 Å². The molecule has 0 spiro atoms. The maximum Gasteiger partial charge on any atom is 0.309 e. The molecule has 15 heavy (non-hydrogen) atoms. The maximum atomic E-state index is 11.4. The number of esters is 1. The highest BCUT2D eigenvalue weighted by molar-refractivity contribution is 6.30. The summed E-state index contributed by atoms with van der Waals surface area (Å²) in [4.78, 5) is 11.4. The minimum absolute atomic E-state index is 0.0612. The number of carbonyl (C=O) groups excluding carboxylic acids is 1. The van der Waals surface area contributed by atoms with Crippen LogP contribution in [0.1, 0.15) is 24.8 Å². The Kier molecular flexibility index (Phi) is 2.96. The van der Waals surface area contributed by atoms with Gasteiger partial charge < -0.3 is 4.74 Å². The van der Waals surface area contributed by atoms with Crippen LogP contribution in [0.2, 0.25) is 5.02 Å². The van der Waals surface area contributed by atoms with E-state index in [1.807, 2.05) is 31.2 Å². The minimum atomic E-state index is -0.0718. The summed E-state index contributed by atoms with van der Waals surface area (Å²) < 4.78 is 4.98. The van der Waals surface area contributed by atoms with E-state index in [2.05, 4.69) is 0 Å². The summed E-state index contributed by atoms with van der Waals surface area (Å²) >= 11 is 5.79. The fourth-order valence-corrected chi connectivity index (χ4v) is 1.91. The zero-order chi connectivity index (χ0) is 10.8. The number of hydrogen-bond acceptors (Lipinski definition) is 2. The predicted octanol–water partition coefficient (Wildman–Crippen LogP) is 3.01. The smallest absolute Gasteiger partial charge is 0.309 e. The van der Waals surface area contributed by atoms with E-state index in [1.165, 1.54) is 5.56 Å². The third-order valence-electron chi connectivity index (χ3n) is 2.68. The van der Waals surface area contributed by atoms with Gasteiger partial charge in [0, 0.05) is 5.02 Å². The number of hydrogen-bond donors (Lipinski definition) is 0. The van der Waals surface area contributed by atoms with Gasteiger partial charge in [0.2, 0.25) is 0 Å². The third kappa shape index (κ3) is 2.32. The summed E-state index contributed by atoms with van der Waals surface area (Å²) in [5, 5.41) is 0.729. The molecular weight excluding hydrogens is 212 g/mol. The van der Waals surface area contributed by atoms with E-state index in [0.29, 0.717) is 12.5 Å². The van der Waals surface area contributed by atoms with Crippen LogP contribution < -0.4 is 0 Å². The van der Waals surface area contributed by atoms with Crippen LogP contribution in [0.15, 0.2) is 24.3 Å². The van der Waals surface area contributed by atoms with E-state index >= 15 is 0 Å². The van der Waals surface area contributed by atoms with E-state index in [0.717, 1.165) is 11.4 Å². The molecule has 2 nitrogen and oxygen atoms in total. The second-order valence-electron chi connectivity index (χ2n) is 3.75. The molecule has 0 amide bonds. The lowest BCUT2D eigenvalue weighted by Gasteiger charge is -2.01. The lowest BCUT2D eigenvalue weighted by atomic mass is 10.1. The van der Waals surface area contributed by atoms with Gasteiger partial charge in [-0.05, 0) is 37.0 Å². The maximum absolute atomic E-state index is 11.4. The van der Waals surface area contributed by atoms with Gasteiger partial charge in [-0.25, -0.2) is 0 Å². The highest BCUT2D eigenvalue weighted by Crippen LogP contribution is 2.48. The first-order chi connectivity index (χ1) is 7.22. The van der Waals surface area contributed by atoms with Gasteiger partial charge in [0.1, 0.15) is 0 Å². The third-order valence-corrected chi connectivity index (χ3v) is 2.93. The molecule has 0 heterocycles. The predicted molar refractivity (Wildman–Crippen MR) is 58.9 cm³/mol. The zero-order valence-electron chi connectivity index (χ0n) is 8.57. The van der Waals surface area contributed by atoms with Crippen LogP contribution in [0.3, 0.4) is 0 Å². The molecule has 1 aliphatic rings. The Labute approximate surface area is 94.2 Å². The molecule has 3 heteroatoms. The van der Waals surface area contributed by atoms with Crippen molar-refractivity contribution in [3.8, 4) is 0 Å². The van der Waals surface area contributed by atoms with Crippen molar-refractivity contribution < 1.29 is 9.53 Å². The summed E-state index contributed by atoms with van der Waals surface area (Å²) in [6, 6.07) is 7.67. The van der Waals surface area contributed by atoms with Gasteiger partial charge in [0.05, 0.1) is 12.5 Å². The first-order valence-electron chi connectivity index (χ1n) is 5.14. The standard InChI is InChI=1S/C12H13ClO2/c1-2-15-12(14)11-7-10(11)8-3-5-9(13)6-4-8/h3-6,10-11H,2,7H2,1H3/t10-,11-/m1/s1. The molecule has 0 unspecified atom stereocenters. The normalized spacial score (nSPS) is 23.6. The molecule has 0 radical (unpaired) electrons. The molecule has 0 aromatic heterocycles. The number of carbonyl (C=O) groups is 1. The van der Waals surface area contributed by atoms with Crippen molar-refractivity contribution in [3.63, 3.8) is 0 Å². The highest BCUT2D eigenvalue weighted by atomic mass is 35.5. The van der Waals surface area contributed by atoms with Crippen LogP contribution in [0.5, 0.6) is 0 Å². The van der Waals surface area contributed by atoms with E-state index in [4.69, 9.17) is 16.3 Å². The first-order valence-corrected chi connectivity index (χ1v) is 5.52. The Morgan fingerprint density at radius 1 is 1.47 bits per heavy atom. The Bertz CT molecular complexity index is 358. The van der Waals surface area contributed by atoms with Gasteiger partial charge in [0.25, 0.3) is 0 Å². The van der Waals surface area contributed by atoms with Gasteiger partial charge >= 0.3 is 5.97 Å². The lowest BCUT2D eigenvalue weighted by molar-refractivity contribution is -0.144. The van der Waals surface area contributed by atoms with Crippen molar-refractivity contribution in [2.75, 3.05) is 6.61 Å². The summed E-state index contributed by atoms with van der Waals surface area (Å²) in [7, 11) is 0. The van der Waals surface area contributed by atoms with Crippen molar-refractivity contribution in [2.24, 2.45) is 5.92 Å². The molecular formula is C12H13ClO2. The van der Waals surface area contributed by atoms with E-state index in [9.17, 15) is 4.79 Å². The Balaban J connectivity index is 1.98. The van der Waals surface area contributed by atoms with Crippen LogP contribution in [-0.4, -0.2) is 12.6 Å². The van der Waals surface area contributed by atoms with Gasteiger partial charge in [-0.15, -0.1) is 0 Å². The molecule has 1 fully saturated rings. The average molecular weight is 225 g/mol. The zero-order valence-corrected chi connectivity index (χ0v) is 9.33. The number of ether oxygens (including phenoxy) is 1. The van der Waals surface area contributed by atoms with Gasteiger partial charge in [-0.1, -0.05) is 23.7 Å². The van der Waals surface area contributed by atoms with Gasteiger partial charge in [-0.2, -0.15) is 0 Å². The fourth-order valence-electron chi connectivity index (χ4n) is 1.78. The highest BCUT2D eigenvalue weighted by Gasteiger charge is 2.44. The topological polar surface area (TPSA) is 26.3 Å². The van der Waals surface area contributed by atoms with Crippen LogP contribution in [-0.2, 0) is 9.53 Å². The molecule has 1 aliphatic carbocycles. The van der Waals surface area contributed by atoms with Crippen LogP contribution in [0.25, 0.3) is 0 Å². The number of halogens is 1. The van der Waals surface area contributed by atoms with Gasteiger partial charge in [0.15, 0.2) is 0 Å². The van der Waals surface area contributed by atoms with Crippen molar-refractivity contribution in [3.05, 3.63) is 34.9 Å². The molecule has 1 aromatic carbocycles. The average Bonchev–Trinajstić information content (AvgIpc) is 2.99. The summed E-state index contributed by atoms with van der Waals surface area (Å²) in [5.74, 6) is 0.324. The van der Waals surface area contributed by atoms with Crippen molar-refractivity contribution in [1.29, 1.82) is 0 Å². The Morgan fingerprint density at radius 2 is 2.13 bits per heavy atom. The molecule has 0 bridgehead atoms. The van der Waals surface area contributed by atoms with Gasteiger partial charge in [-0.3, -0.25) is 4.79 Å². The van der Waals surface area contributed by atoms with E-state index in [-0.39, 0.29) is 11.9 Å². The number of benzene rings is 1. The Hall–Kier alpha value is -1.02. The molecule has 1 saturated carbocycles. The SMILES string of the molecule is CCOC(=O)[C@@H]1C[C@@H]1c1ccc(Cl)cc1. The molecule has 80 valence electrons. The van der Waals surface area contributed by atoms with Crippen molar-refractivity contribution >= 4 is 17.6 Å². The second kappa shape index (κ2) is 4.23. The summed E-state index contributed by atoms with van der Waals surface area (Å²) in [6.45, 7) is 2.29. The minimum Gasteiger partial charge on any atom is -0.466 e. The van der Waals surface area contributed by atoms with Crippen LogP contribution in [0.4, 0.5) is 0 Å². The molecule has 2 rings (SSSR count). The summed E-state index contributed by atoms with van der Waals surface area (Å²) in [5.41, 5.74) is 1.18. The van der Waals surface area contributed by atoms with Crippen LogP contribution in [0, 0.1) is 5.92 Å². The Morgan fingerprint density at radius 3 is 2.73 bits per heavy atom. The molecule has 1 aromatic rings. The molecule has 0 aliphatic heterocycles. The van der Waals surface area contributed by atoms with E-state index < -0.39 is 0 Å². The second-order valence-corrected chi connectivity index (χ2v) is 4.19. The quantitative estimate of drug-likeness (QED) is 0.738. The molecule has 0 saturated heterocycles.